The van der Waals surface area contributed by atoms with Gasteiger partial charge < -0.3 is 14.6 Å². The van der Waals surface area contributed by atoms with E-state index in [9.17, 15) is 5.11 Å². The van der Waals surface area contributed by atoms with Crippen molar-refractivity contribution in [3.05, 3.63) is 29.8 Å². The van der Waals surface area contributed by atoms with E-state index in [1.54, 1.807) is 7.11 Å². The van der Waals surface area contributed by atoms with Crippen molar-refractivity contribution in [2.45, 2.75) is 12.1 Å². The van der Waals surface area contributed by atoms with Crippen molar-refractivity contribution < 1.29 is 14.6 Å². The molecule has 2 unspecified atom stereocenters. The quantitative estimate of drug-likeness (QED) is 0.853. The van der Waals surface area contributed by atoms with Crippen molar-refractivity contribution in [3.63, 3.8) is 0 Å². The molecule has 1 N–H and O–H groups in total. The van der Waals surface area contributed by atoms with E-state index in [1.807, 2.05) is 31.3 Å². The Kier molecular flexibility index (Phi) is 3.99. The molecule has 0 amide bonds. The van der Waals surface area contributed by atoms with Gasteiger partial charge in [0, 0.05) is 6.54 Å². The van der Waals surface area contributed by atoms with Gasteiger partial charge >= 0.3 is 0 Å². The van der Waals surface area contributed by atoms with Gasteiger partial charge in [-0.15, -0.1) is 0 Å². The second kappa shape index (κ2) is 5.49. The lowest BCUT2D eigenvalue weighted by Gasteiger charge is -2.35. The van der Waals surface area contributed by atoms with Crippen LogP contribution in [0.25, 0.3) is 0 Å². The summed E-state index contributed by atoms with van der Waals surface area (Å²) in [5, 5.41) is 10.3. The minimum Gasteiger partial charge on any atom is -0.497 e. The van der Waals surface area contributed by atoms with Crippen molar-refractivity contribution in [2.24, 2.45) is 0 Å². The summed E-state index contributed by atoms with van der Waals surface area (Å²) >= 11 is 0. The fraction of sp³-hybridized carbons (Fsp3) is 0.538. The number of benzene rings is 1. The normalized spacial score (nSPS) is 23.4. The molecule has 0 saturated carbocycles. The molecule has 1 aliphatic heterocycles. The van der Waals surface area contributed by atoms with Crippen LogP contribution in [0.4, 0.5) is 0 Å². The molecule has 2 atom stereocenters. The summed E-state index contributed by atoms with van der Waals surface area (Å²) in [5.74, 6) is 0.800. The molecule has 1 saturated heterocycles. The molecule has 1 fully saturated rings. The van der Waals surface area contributed by atoms with Crippen molar-refractivity contribution in [3.8, 4) is 5.75 Å². The summed E-state index contributed by atoms with van der Waals surface area (Å²) < 4.78 is 10.5. The summed E-state index contributed by atoms with van der Waals surface area (Å²) in [5.41, 5.74) is 0.896. The molecule has 2 rings (SSSR count). The number of methoxy groups -OCH3 is 1. The van der Waals surface area contributed by atoms with Crippen molar-refractivity contribution in [1.29, 1.82) is 0 Å². The third kappa shape index (κ3) is 2.77. The number of hydrogen-bond acceptors (Lipinski definition) is 4. The number of aliphatic hydroxyl groups is 1. The van der Waals surface area contributed by atoms with Gasteiger partial charge in [-0.25, -0.2) is 0 Å². The first kappa shape index (κ1) is 12.4. The maximum absolute atomic E-state index is 10.3. The van der Waals surface area contributed by atoms with Crippen LogP contribution in [-0.4, -0.2) is 50.0 Å². The zero-order valence-electron chi connectivity index (χ0n) is 10.3. The Balaban J connectivity index is 2.09. The largest absolute Gasteiger partial charge is 0.497 e. The highest BCUT2D eigenvalue weighted by atomic mass is 16.5. The summed E-state index contributed by atoms with van der Waals surface area (Å²) in [6.07, 6.45) is -0.522. The van der Waals surface area contributed by atoms with E-state index in [2.05, 4.69) is 4.90 Å². The number of rotatable bonds is 3. The minimum atomic E-state index is -0.522. The lowest BCUT2D eigenvalue weighted by Crippen LogP contribution is -2.46. The molecule has 0 bridgehead atoms. The van der Waals surface area contributed by atoms with E-state index >= 15 is 0 Å². The lowest BCUT2D eigenvalue weighted by molar-refractivity contribution is -0.0484. The Morgan fingerprint density at radius 2 is 2.12 bits per heavy atom. The summed E-state index contributed by atoms with van der Waals surface area (Å²) in [6.45, 7) is 2.17. The zero-order valence-corrected chi connectivity index (χ0v) is 10.3. The fourth-order valence-electron chi connectivity index (χ4n) is 2.06. The van der Waals surface area contributed by atoms with Crippen molar-refractivity contribution in [1.82, 2.24) is 4.90 Å². The van der Waals surface area contributed by atoms with Gasteiger partial charge in [0.15, 0.2) is 0 Å². The van der Waals surface area contributed by atoms with Crippen LogP contribution in [0.5, 0.6) is 5.75 Å². The van der Waals surface area contributed by atoms with Crippen LogP contribution in [-0.2, 0) is 4.74 Å². The Labute approximate surface area is 102 Å². The third-order valence-electron chi connectivity index (χ3n) is 3.26. The van der Waals surface area contributed by atoms with Gasteiger partial charge in [-0.3, -0.25) is 4.90 Å². The standard InChI is InChI=1S/C13H19NO3/c1-14-7-8-17-9-12(14)13(15)10-3-5-11(16-2)6-4-10/h3-6,12-13,15H,7-9H2,1-2H3. The van der Waals surface area contributed by atoms with Gasteiger partial charge in [0.05, 0.1) is 32.5 Å². The molecular formula is C13H19NO3. The molecule has 0 spiro atoms. The molecule has 4 nitrogen and oxygen atoms in total. The first-order valence-electron chi connectivity index (χ1n) is 5.82. The van der Waals surface area contributed by atoms with Gasteiger partial charge in [-0.2, -0.15) is 0 Å². The number of likely N-dealkylation sites (N-methyl/N-ethyl adjacent to an activating group) is 1. The topological polar surface area (TPSA) is 41.9 Å². The number of morpholine rings is 1. The van der Waals surface area contributed by atoms with E-state index in [0.717, 1.165) is 24.5 Å². The van der Waals surface area contributed by atoms with Crippen LogP contribution in [0.3, 0.4) is 0 Å². The van der Waals surface area contributed by atoms with E-state index in [1.165, 1.54) is 0 Å². The van der Waals surface area contributed by atoms with Crippen LogP contribution in [0.15, 0.2) is 24.3 Å². The Morgan fingerprint density at radius 1 is 1.41 bits per heavy atom. The van der Waals surface area contributed by atoms with E-state index in [-0.39, 0.29) is 6.04 Å². The Hall–Kier alpha value is -1.10. The smallest absolute Gasteiger partial charge is 0.118 e. The summed E-state index contributed by atoms with van der Waals surface area (Å²) in [4.78, 5) is 2.14. The summed E-state index contributed by atoms with van der Waals surface area (Å²) in [6, 6.07) is 7.54. The third-order valence-corrected chi connectivity index (χ3v) is 3.26. The van der Waals surface area contributed by atoms with Gasteiger partial charge in [-0.1, -0.05) is 12.1 Å². The average Bonchev–Trinajstić information content (AvgIpc) is 2.39. The average molecular weight is 237 g/mol. The first-order chi connectivity index (χ1) is 8.22. The molecule has 94 valence electrons. The number of aliphatic hydroxyl groups excluding tert-OH is 1. The van der Waals surface area contributed by atoms with Crippen molar-refractivity contribution >= 4 is 0 Å². The molecule has 0 radical (unpaired) electrons. The lowest BCUT2D eigenvalue weighted by atomic mass is 10.0. The molecule has 4 heteroatoms. The molecule has 0 aliphatic carbocycles. The second-order valence-electron chi connectivity index (χ2n) is 4.34. The zero-order chi connectivity index (χ0) is 12.3. The fourth-order valence-corrected chi connectivity index (χ4v) is 2.06. The predicted octanol–water partition coefficient (Wildman–Crippen LogP) is 1.06. The molecule has 1 heterocycles. The SMILES string of the molecule is COc1ccc(C(O)C2COCCN2C)cc1. The van der Waals surface area contributed by atoms with Gasteiger partial charge in [-0.05, 0) is 24.7 Å². The number of hydrogen-bond donors (Lipinski definition) is 1. The Morgan fingerprint density at radius 3 is 2.71 bits per heavy atom. The van der Waals surface area contributed by atoms with Gasteiger partial charge in [0.2, 0.25) is 0 Å². The van der Waals surface area contributed by atoms with Crippen LogP contribution >= 0.6 is 0 Å². The van der Waals surface area contributed by atoms with E-state index in [4.69, 9.17) is 9.47 Å². The first-order valence-corrected chi connectivity index (χ1v) is 5.82. The monoisotopic (exact) mass is 237 g/mol. The van der Waals surface area contributed by atoms with E-state index < -0.39 is 6.10 Å². The predicted molar refractivity (Wildman–Crippen MR) is 65.2 cm³/mol. The van der Waals surface area contributed by atoms with Crippen LogP contribution < -0.4 is 4.74 Å². The molecule has 17 heavy (non-hydrogen) atoms. The maximum Gasteiger partial charge on any atom is 0.118 e. The number of nitrogens with zero attached hydrogens (tertiary/aromatic N) is 1. The number of ether oxygens (including phenoxy) is 2. The van der Waals surface area contributed by atoms with E-state index in [0.29, 0.717) is 6.61 Å². The Bertz CT molecular complexity index is 352. The highest BCUT2D eigenvalue weighted by molar-refractivity contribution is 5.29. The molecule has 1 aromatic rings. The molecular weight excluding hydrogens is 218 g/mol. The molecule has 1 aliphatic rings. The van der Waals surface area contributed by atoms with Crippen LogP contribution in [0.2, 0.25) is 0 Å². The van der Waals surface area contributed by atoms with Gasteiger partial charge in [0.25, 0.3) is 0 Å². The van der Waals surface area contributed by atoms with Crippen LogP contribution in [0, 0.1) is 0 Å². The highest BCUT2D eigenvalue weighted by Gasteiger charge is 2.27. The second-order valence-corrected chi connectivity index (χ2v) is 4.34. The molecule has 0 aromatic heterocycles. The van der Waals surface area contributed by atoms with Crippen LogP contribution in [0.1, 0.15) is 11.7 Å². The summed E-state index contributed by atoms with van der Waals surface area (Å²) in [7, 11) is 3.65. The maximum atomic E-state index is 10.3. The molecule has 1 aromatic carbocycles. The van der Waals surface area contributed by atoms with Gasteiger partial charge in [0.1, 0.15) is 5.75 Å². The minimum absolute atomic E-state index is 0.0251. The van der Waals surface area contributed by atoms with Crippen molar-refractivity contribution in [2.75, 3.05) is 33.9 Å². The highest BCUT2D eigenvalue weighted by Crippen LogP contribution is 2.24.